The molecule has 1 aliphatic heterocycles. The van der Waals surface area contributed by atoms with Crippen LogP contribution in [0.25, 0.3) is 0 Å². The number of piperidine rings is 1. The summed E-state index contributed by atoms with van der Waals surface area (Å²) in [6, 6.07) is 9.39. The SMILES string of the molecule is N[C@@H](Cc1ccccc1)C(=O)N1CCC(CO)CC1. The van der Waals surface area contributed by atoms with Crippen molar-refractivity contribution in [2.24, 2.45) is 11.7 Å². The average Bonchev–Trinajstić information content (AvgIpc) is 2.47. The van der Waals surface area contributed by atoms with Gasteiger partial charge in [0.15, 0.2) is 0 Å². The van der Waals surface area contributed by atoms with Crippen molar-refractivity contribution in [1.29, 1.82) is 0 Å². The van der Waals surface area contributed by atoms with Crippen molar-refractivity contribution in [2.45, 2.75) is 25.3 Å². The number of hydrogen-bond donors (Lipinski definition) is 2. The van der Waals surface area contributed by atoms with E-state index in [9.17, 15) is 4.79 Å². The number of nitrogens with two attached hydrogens (primary N) is 1. The minimum Gasteiger partial charge on any atom is -0.396 e. The Kier molecular flexibility index (Phi) is 4.93. The molecule has 0 bridgehead atoms. The van der Waals surface area contributed by atoms with E-state index >= 15 is 0 Å². The minimum absolute atomic E-state index is 0.0280. The molecule has 0 unspecified atom stereocenters. The van der Waals surface area contributed by atoms with E-state index in [4.69, 9.17) is 10.8 Å². The predicted molar refractivity (Wildman–Crippen MR) is 74.5 cm³/mol. The van der Waals surface area contributed by atoms with Crippen molar-refractivity contribution in [3.63, 3.8) is 0 Å². The van der Waals surface area contributed by atoms with Crippen molar-refractivity contribution in [3.8, 4) is 0 Å². The number of nitrogens with zero attached hydrogens (tertiary/aromatic N) is 1. The van der Waals surface area contributed by atoms with Gasteiger partial charge in [-0.2, -0.15) is 0 Å². The van der Waals surface area contributed by atoms with Gasteiger partial charge in [-0.05, 0) is 30.7 Å². The van der Waals surface area contributed by atoms with Crippen molar-refractivity contribution in [3.05, 3.63) is 35.9 Å². The molecule has 0 saturated carbocycles. The molecule has 1 aromatic carbocycles. The number of carbonyl (C=O) groups is 1. The van der Waals surface area contributed by atoms with Crippen LogP contribution in [-0.4, -0.2) is 41.7 Å². The fourth-order valence-corrected chi connectivity index (χ4v) is 2.53. The standard InChI is InChI=1S/C15H22N2O2/c16-14(10-12-4-2-1-3-5-12)15(19)17-8-6-13(11-18)7-9-17/h1-5,13-14,18H,6-11,16H2/t14-/m0/s1. The number of hydrogen-bond acceptors (Lipinski definition) is 3. The molecule has 0 aliphatic carbocycles. The van der Waals surface area contributed by atoms with E-state index in [2.05, 4.69) is 0 Å². The summed E-state index contributed by atoms with van der Waals surface area (Å²) < 4.78 is 0. The van der Waals surface area contributed by atoms with Crippen LogP contribution in [0.1, 0.15) is 18.4 Å². The van der Waals surface area contributed by atoms with Crippen LogP contribution in [0.3, 0.4) is 0 Å². The van der Waals surface area contributed by atoms with Crippen molar-refractivity contribution in [2.75, 3.05) is 19.7 Å². The third-order valence-electron chi connectivity index (χ3n) is 3.80. The van der Waals surface area contributed by atoms with Gasteiger partial charge in [0.25, 0.3) is 0 Å². The molecule has 2 rings (SSSR count). The number of likely N-dealkylation sites (tertiary alicyclic amines) is 1. The zero-order valence-electron chi connectivity index (χ0n) is 11.2. The van der Waals surface area contributed by atoms with Gasteiger partial charge in [-0.3, -0.25) is 4.79 Å². The highest BCUT2D eigenvalue weighted by atomic mass is 16.3. The molecular formula is C15H22N2O2. The largest absolute Gasteiger partial charge is 0.396 e. The molecule has 1 atom stereocenters. The van der Waals surface area contributed by atoms with E-state index in [1.165, 1.54) is 0 Å². The van der Waals surface area contributed by atoms with Crippen LogP contribution in [0.15, 0.2) is 30.3 Å². The lowest BCUT2D eigenvalue weighted by Gasteiger charge is -2.32. The molecule has 1 aromatic rings. The van der Waals surface area contributed by atoms with Crippen LogP contribution in [0, 0.1) is 5.92 Å². The Morgan fingerprint density at radius 1 is 1.32 bits per heavy atom. The van der Waals surface area contributed by atoms with Gasteiger partial charge in [0.1, 0.15) is 0 Å². The third-order valence-corrected chi connectivity index (χ3v) is 3.80. The highest BCUT2D eigenvalue weighted by Crippen LogP contribution is 2.17. The Morgan fingerprint density at radius 2 is 1.95 bits per heavy atom. The monoisotopic (exact) mass is 262 g/mol. The molecule has 104 valence electrons. The normalized spacial score (nSPS) is 18.3. The van der Waals surface area contributed by atoms with Gasteiger partial charge >= 0.3 is 0 Å². The lowest BCUT2D eigenvalue weighted by Crippen LogP contribution is -2.48. The zero-order valence-corrected chi connectivity index (χ0v) is 11.2. The van der Waals surface area contributed by atoms with Gasteiger partial charge < -0.3 is 15.7 Å². The van der Waals surface area contributed by atoms with Gasteiger partial charge in [0.2, 0.25) is 5.91 Å². The van der Waals surface area contributed by atoms with E-state index in [1.54, 1.807) is 0 Å². The van der Waals surface area contributed by atoms with Gasteiger partial charge in [-0.1, -0.05) is 30.3 Å². The summed E-state index contributed by atoms with van der Waals surface area (Å²) in [5.74, 6) is 0.370. The Hall–Kier alpha value is -1.39. The van der Waals surface area contributed by atoms with Crippen LogP contribution in [0.2, 0.25) is 0 Å². The Balaban J connectivity index is 1.86. The quantitative estimate of drug-likeness (QED) is 0.843. The summed E-state index contributed by atoms with van der Waals surface area (Å²) in [6.07, 6.45) is 2.33. The smallest absolute Gasteiger partial charge is 0.239 e. The number of carbonyl (C=O) groups excluding carboxylic acids is 1. The molecule has 1 fully saturated rings. The van der Waals surface area contributed by atoms with Gasteiger partial charge in [0, 0.05) is 19.7 Å². The Labute approximate surface area is 114 Å². The summed E-state index contributed by atoms with van der Waals surface area (Å²) in [5.41, 5.74) is 7.10. The van der Waals surface area contributed by atoms with Gasteiger partial charge in [0.05, 0.1) is 6.04 Å². The number of rotatable bonds is 4. The average molecular weight is 262 g/mol. The second-order valence-corrected chi connectivity index (χ2v) is 5.25. The number of aliphatic hydroxyl groups excluding tert-OH is 1. The summed E-state index contributed by atoms with van der Waals surface area (Å²) in [5, 5.41) is 9.09. The maximum atomic E-state index is 12.2. The summed E-state index contributed by atoms with van der Waals surface area (Å²) in [6.45, 7) is 1.65. The van der Waals surface area contributed by atoms with Gasteiger partial charge in [-0.15, -0.1) is 0 Å². The van der Waals surface area contributed by atoms with Crippen LogP contribution in [-0.2, 0) is 11.2 Å². The summed E-state index contributed by atoms with van der Waals surface area (Å²) in [4.78, 5) is 14.1. The second kappa shape index (κ2) is 6.68. The molecule has 1 saturated heterocycles. The van der Waals surface area contributed by atoms with Crippen LogP contribution in [0.4, 0.5) is 0 Å². The molecule has 0 aromatic heterocycles. The first-order valence-electron chi connectivity index (χ1n) is 6.90. The molecule has 4 nitrogen and oxygen atoms in total. The fourth-order valence-electron chi connectivity index (χ4n) is 2.53. The lowest BCUT2D eigenvalue weighted by atomic mass is 9.97. The highest BCUT2D eigenvalue weighted by Gasteiger charge is 2.25. The molecule has 1 heterocycles. The van der Waals surface area contributed by atoms with Crippen molar-refractivity contribution < 1.29 is 9.90 Å². The third kappa shape index (κ3) is 3.78. The Morgan fingerprint density at radius 3 is 2.53 bits per heavy atom. The first kappa shape index (κ1) is 14.0. The lowest BCUT2D eigenvalue weighted by molar-refractivity contribution is -0.134. The van der Waals surface area contributed by atoms with Gasteiger partial charge in [-0.25, -0.2) is 0 Å². The summed E-state index contributed by atoms with van der Waals surface area (Å²) >= 11 is 0. The maximum absolute atomic E-state index is 12.2. The first-order chi connectivity index (χ1) is 9.20. The van der Waals surface area contributed by atoms with Crippen molar-refractivity contribution >= 4 is 5.91 Å². The Bertz CT molecular complexity index is 400. The predicted octanol–water partition coefficient (Wildman–Crippen LogP) is 0.787. The van der Waals surface area contributed by atoms with E-state index in [1.807, 2.05) is 35.2 Å². The molecule has 1 amide bonds. The van der Waals surface area contributed by atoms with E-state index in [-0.39, 0.29) is 12.5 Å². The van der Waals surface area contributed by atoms with Crippen LogP contribution in [0.5, 0.6) is 0 Å². The van der Waals surface area contributed by atoms with Crippen LogP contribution >= 0.6 is 0 Å². The number of aliphatic hydroxyl groups is 1. The molecule has 0 radical (unpaired) electrons. The maximum Gasteiger partial charge on any atom is 0.239 e. The molecule has 0 spiro atoms. The highest BCUT2D eigenvalue weighted by molar-refractivity contribution is 5.82. The molecule has 3 N–H and O–H groups in total. The second-order valence-electron chi connectivity index (χ2n) is 5.25. The number of benzene rings is 1. The molecule has 19 heavy (non-hydrogen) atoms. The number of amides is 1. The first-order valence-corrected chi connectivity index (χ1v) is 6.90. The molecule has 1 aliphatic rings. The molecular weight excluding hydrogens is 240 g/mol. The van der Waals surface area contributed by atoms with Crippen LogP contribution < -0.4 is 5.73 Å². The fraction of sp³-hybridized carbons (Fsp3) is 0.533. The topological polar surface area (TPSA) is 66.6 Å². The van der Waals surface area contributed by atoms with E-state index in [0.717, 1.165) is 18.4 Å². The molecule has 4 heteroatoms. The minimum atomic E-state index is -0.465. The van der Waals surface area contributed by atoms with E-state index < -0.39 is 6.04 Å². The zero-order chi connectivity index (χ0) is 13.7. The van der Waals surface area contributed by atoms with E-state index in [0.29, 0.717) is 25.4 Å². The summed E-state index contributed by atoms with van der Waals surface area (Å²) in [7, 11) is 0. The van der Waals surface area contributed by atoms with Crippen molar-refractivity contribution in [1.82, 2.24) is 4.90 Å².